The molecular formula is C21H24N4OS. The van der Waals surface area contributed by atoms with Crippen LogP contribution in [0.5, 0.6) is 5.88 Å². The summed E-state index contributed by atoms with van der Waals surface area (Å²) in [6.07, 6.45) is 2.88. The third-order valence-corrected chi connectivity index (χ3v) is 5.92. The number of rotatable bonds is 8. The molecule has 0 aliphatic rings. The number of fused-ring (bicyclic) bond motifs is 2. The minimum atomic E-state index is 0.641. The Bertz CT molecular complexity index is 1000. The molecule has 0 radical (unpaired) electrons. The standard InChI is InChI=1S/C21H24N4OS/c1-3-24(4-2)12-7-13-26-21-11-10-20-22-15-17(25(20)23-21)19-14-16-8-5-6-9-18(16)27-19/h5-6,8-11,14-15H,3-4,7,12-13H2,1-2H3. The van der Waals surface area contributed by atoms with Gasteiger partial charge in [0.2, 0.25) is 5.88 Å². The van der Waals surface area contributed by atoms with E-state index in [9.17, 15) is 0 Å². The molecule has 0 aliphatic heterocycles. The summed E-state index contributed by atoms with van der Waals surface area (Å²) in [4.78, 5) is 8.05. The van der Waals surface area contributed by atoms with Crippen LogP contribution >= 0.6 is 11.3 Å². The molecular weight excluding hydrogens is 356 g/mol. The zero-order valence-electron chi connectivity index (χ0n) is 15.8. The number of benzene rings is 1. The highest BCUT2D eigenvalue weighted by Gasteiger charge is 2.11. The van der Waals surface area contributed by atoms with E-state index in [2.05, 4.69) is 59.2 Å². The van der Waals surface area contributed by atoms with Gasteiger partial charge in [0.15, 0.2) is 5.65 Å². The number of hydrogen-bond donors (Lipinski definition) is 0. The summed E-state index contributed by atoms with van der Waals surface area (Å²) in [5, 5.41) is 5.91. The van der Waals surface area contributed by atoms with Crippen molar-refractivity contribution in [3.63, 3.8) is 0 Å². The monoisotopic (exact) mass is 380 g/mol. The summed E-state index contributed by atoms with van der Waals surface area (Å²) < 4.78 is 9.04. The van der Waals surface area contributed by atoms with Crippen LogP contribution in [0.25, 0.3) is 26.3 Å². The molecule has 5 nitrogen and oxygen atoms in total. The molecule has 0 atom stereocenters. The molecule has 140 valence electrons. The second-order valence-corrected chi connectivity index (χ2v) is 7.55. The third-order valence-electron chi connectivity index (χ3n) is 4.78. The van der Waals surface area contributed by atoms with Crippen LogP contribution in [-0.2, 0) is 0 Å². The zero-order valence-corrected chi connectivity index (χ0v) is 16.6. The maximum Gasteiger partial charge on any atom is 0.231 e. The van der Waals surface area contributed by atoms with E-state index in [0.717, 1.165) is 42.3 Å². The molecule has 4 aromatic rings. The summed E-state index contributed by atoms with van der Waals surface area (Å²) in [5.74, 6) is 0.641. The summed E-state index contributed by atoms with van der Waals surface area (Å²) in [6.45, 7) is 8.25. The van der Waals surface area contributed by atoms with Gasteiger partial charge in [-0.25, -0.2) is 9.50 Å². The van der Waals surface area contributed by atoms with E-state index in [1.54, 1.807) is 11.3 Å². The van der Waals surface area contributed by atoms with Crippen LogP contribution in [0, 0.1) is 0 Å². The van der Waals surface area contributed by atoms with Crippen molar-refractivity contribution in [3.8, 4) is 16.5 Å². The Labute approximate surface area is 163 Å². The Morgan fingerprint density at radius 3 is 2.78 bits per heavy atom. The van der Waals surface area contributed by atoms with Gasteiger partial charge in [0.05, 0.1) is 17.7 Å². The van der Waals surface area contributed by atoms with E-state index in [1.807, 2.05) is 22.8 Å². The minimum absolute atomic E-state index is 0.641. The van der Waals surface area contributed by atoms with Gasteiger partial charge in [-0.15, -0.1) is 16.4 Å². The molecule has 3 heterocycles. The highest BCUT2D eigenvalue weighted by atomic mass is 32.1. The van der Waals surface area contributed by atoms with Crippen molar-refractivity contribution in [1.82, 2.24) is 19.5 Å². The highest BCUT2D eigenvalue weighted by molar-refractivity contribution is 7.22. The van der Waals surface area contributed by atoms with Gasteiger partial charge in [-0.05, 0) is 43.1 Å². The van der Waals surface area contributed by atoms with Gasteiger partial charge in [-0.2, -0.15) is 0 Å². The molecule has 0 N–H and O–H groups in total. The van der Waals surface area contributed by atoms with E-state index < -0.39 is 0 Å². The minimum Gasteiger partial charge on any atom is -0.477 e. The van der Waals surface area contributed by atoms with E-state index in [4.69, 9.17) is 4.74 Å². The normalized spacial score (nSPS) is 11.7. The lowest BCUT2D eigenvalue weighted by molar-refractivity contribution is 0.242. The second-order valence-electron chi connectivity index (χ2n) is 6.46. The van der Waals surface area contributed by atoms with Gasteiger partial charge < -0.3 is 9.64 Å². The predicted octanol–water partition coefficient (Wildman–Crippen LogP) is 4.72. The molecule has 0 fully saturated rings. The van der Waals surface area contributed by atoms with E-state index in [1.165, 1.54) is 10.1 Å². The zero-order chi connectivity index (χ0) is 18.6. The van der Waals surface area contributed by atoms with Gasteiger partial charge in [0, 0.05) is 17.3 Å². The number of hydrogen-bond acceptors (Lipinski definition) is 5. The van der Waals surface area contributed by atoms with Crippen LogP contribution in [0.3, 0.4) is 0 Å². The number of imidazole rings is 1. The van der Waals surface area contributed by atoms with Crippen molar-refractivity contribution in [2.45, 2.75) is 20.3 Å². The second kappa shape index (κ2) is 8.06. The predicted molar refractivity (Wildman–Crippen MR) is 112 cm³/mol. The Balaban J connectivity index is 1.52. The first-order valence-electron chi connectivity index (χ1n) is 9.47. The van der Waals surface area contributed by atoms with Crippen LogP contribution in [0.1, 0.15) is 20.3 Å². The number of ether oxygens (including phenoxy) is 1. The lowest BCUT2D eigenvalue weighted by Crippen LogP contribution is -2.25. The first-order valence-corrected chi connectivity index (χ1v) is 10.3. The van der Waals surface area contributed by atoms with Gasteiger partial charge in [0.25, 0.3) is 0 Å². The Morgan fingerprint density at radius 1 is 1.11 bits per heavy atom. The summed E-state index contributed by atoms with van der Waals surface area (Å²) >= 11 is 1.76. The third kappa shape index (κ3) is 3.82. The van der Waals surface area contributed by atoms with Crippen LogP contribution in [0.2, 0.25) is 0 Å². The van der Waals surface area contributed by atoms with Crippen LogP contribution in [0.4, 0.5) is 0 Å². The average Bonchev–Trinajstić information content (AvgIpc) is 3.31. The summed E-state index contributed by atoms with van der Waals surface area (Å²) in [7, 11) is 0. The molecule has 4 rings (SSSR count). The van der Waals surface area contributed by atoms with Gasteiger partial charge in [-0.1, -0.05) is 32.0 Å². The number of nitrogens with zero attached hydrogens (tertiary/aromatic N) is 4. The topological polar surface area (TPSA) is 42.7 Å². The molecule has 0 unspecified atom stereocenters. The van der Waals surface area contributed by atoms with Gasteiger partial charge >= 0.3 is 0 Å². The van der Waals surface area contributed by atoms with Crippen LogP contribution in [0.15, 0.2) is 48.7 Å². The molecule has 0 bridgehead atoms. The maximum atomic E-state index is 5.89. The van der Waals surface area contributed by atoms with Crippen molar-refractivity contribution in [1.29, 1.82) is 0 Å². The van der Waals surface area contributed by atoms with Crippen molar-refractivity contribution in [2.24, 2.45) is 0 Å². The quantitative estimate of drug-likeness (QED) is 0.415. The molecule has 0 spiro atoms. The van der Waals surface area contributed by atoms with Crippen LogP contribution < -0.4 is 4.74 Å². The lowest BCUT2D eigenvalue weighted by Gasteiger charge is -2.17. The van der Waals surface area contributed by atoms with Crippen molar-refractivity contribution in [3.05, 3.63) is 48.7 Å². The van der Waals surface area contributed by atoms with Crippen molar-refractivity contribution in [2.75, 3.05) is 26.2 Å². The number of thiophene rings is 1. The Kier molecular flexibility index (Phi) is 5.36. The molecule has 0 saturated heterocycles. The average molecular weight is 381 g/mol. The highest BCUT2D eigenvalue weighted by Crippen LogP contribution is 2.33. The van der Waals surface area contributed by atoms with Gasteiger partial charge in [-0.3, -0.25) is 0 Å². The lowest BCUT2D eigenvalue weighted by atomic mass is 10.2. The van der Waals surface area contributed by atoms with E-state index >= 15 is 0 Å². The van der Waals surface area contributed by atoms with E-state index in [0.29, 0.717) is 12.5 Å². The molecule has 6 heteroatoms. The fourth-order valence-electron chi connectivity index (χ4n) is 3.21. The fourth-order valence-corrected chi connectivity index (χ4v) is 4.27. The maximum absolute atomic E-state index is 5.89. The molecule has 1 aromatic carbocycles. The summed E-state index contributed by atoms with van der Waals surface area (Å²) in [6, 6.07) is 14.5. The first kappa shape index (κ1) is 17.9. The van der Waals surface area contributed by atoms with Gasteiger partial charge in [0.1, 0.15) is 5.69 Å². The summed E-state index contributed by atoms with van der Waals surface area (Å²) in [5.41, 5.74) is 1.83. The molecule has 27 heavy (non-hydrogen) atoms. The molecule has 0 aliphatic carbocycles. The Morgan fingerprint density at radius 2 is 1.96 bits per heavy atom. The smallest absolute Gasteiger partial charge is 0.231 e. The first-order chi connectivity index (χ1) is 13.3. The van der Waals surface area contributed by atoms with Crippen molar-refractivity contribution < 1.29 is 4.74 Å². The Hall–Kier alpha value is -2.44. The fraction of sp³-hybridized carbons (Fsp3) is 0.333. The van der Waals surface area contributed by atoms with E-state index in [-0.39, 0.29) is 0 Å². The molecule has 0 saturated carbocycles. The van der Waals surface area contributed by atoms with Crippen molar-refractivity contribution >= 4 is 27.1 Å². The van der Waals surface area contributed by atoms with Crippen LogP contribution in [-0.4, -0.2) is 45.7 Å². The molecule has 3 aromatic heterocycles. The molecule has 0 amide bonds. The number of aromatic nitrogens is 3. The largest absolute Gasteiger partial charge is 0.477 e. The SMILES string of the molecule is CCN(CC)CCCOc1ccc2ncc(-c3cc4ccccc4s3)n2n1.